The van der Waals surface area contributed by atoms with Gasteiger partial charge in [0.15, 0.2) is 0 Å². The maximum atomic E-state index is 13.0. The van der Waals surface area contributed by atoms with Gasteiger partial charge in [0.05, 0.1) is 17.9 Å². The molecule has 0 aliphatic rings. The van der Waals surface area contributed by atoms with E-state index >= 15 is 0 Å². The Morgan fingerprint density at radius 1 is 1.53 bits per heavy atom. The van der Waals surface area contributed by atoms with E-state index in [1.165, 1.54) is 12.1 Å². The summed E-state index contributed by atoms with van der Waals surface area (Å²) in [5, 5.41) is 0. The standard InChI is InChI=1S/C11H14FNO2/c1-7(2)6-15-11(14)8-3-4-10(13)9(12)5-8/h3-5,7H,6,13H2,1-2H3. The number of halogens is 1. The molecule has 0 atom stereocenters. The number of nitrogens with two attached hydrogens (primary N) is 1. The molecule has 0 saturated carbocycles. The summed E-state index contributed by atoms with van der Waals surface area (Å²) in [6.45, 7) is 4.18. The van der Waals surface area contributed by atoms with Gasteiger partial charge in [-0.3, -0.25) is 0 Å². The van der Waals surface area contributed by atoms with E-state index in [2.05, 4.69) is 0 Å². The summed E-state index contributed by atoms with van der Waals surface area (Å²) in [4.78, 5) is 11.4. The lowest BCUT2D eigenvalue weighted by Crippen LogP contribution is -2.10. The van der Waals surface area contributed by atoms with Crippen LogP contribution < -0.4 is 5.73 Å². The summed E-state index contributed by atoms with van der Waals surface area (Å²) in [6, 6.07) is 3.88. The lowest BCUT2D eigenvalue weighted by Gasteiger charge is -2.07. The zero-order valence-electron chi connectivity index (χ0n) is 8.79. The summed E-state index contributed by atoms with van der Waals surface area (Å²) in [5.41, 5.74) is 5.49. The van der Waals surface area contributed by atoms with Crippen molar-refractivity contribution in [3.05, 3.63) is 29.6 Å². The first-order valence-electron chi connectivity index (χ1n) is 4.73. The molecule has 0 heterocycles. The van der Waals surface area contributed by atoms with Gasteiger partial charge >= 0.3 is 5.97 Å². The number of anilines is 1. The van der Waals surface area contributed by atoms with E-state index in [4.69, 9.17) is 10.5 Å². The third-order valence-electron chi connectivity index (χ3n) is 1.78. The molecule has 0 aliphatic carbocycles. The minimum atomic E-state index is -0.603. The van der Waals surface area contributed by atoms with Crippen LogP contribution in [0.5, 0.6) is 0 Å². The number of carbonyl (C=O) groups is 1. The molecule has 0 aromatic heterocycles. The molecule has 0 radical (unpaired) electrons. The normalized spacial score (nSPS) is 10.4. The zero-order chi connectivity index (χ0) is 11.4. The molecule has 0 unspecified atom stereocenters. The van der Waals surface area contributed by atoms with E-state index in [9.17, 15) is 9.18 Å². The Morgan fingerprint density at radius 3 is 2.73 bits per heavy atom. The number of rotatable bonds is 3. The maximum Gasteiger partial charge on any atom is 0.338 e. The third-order valence-corrected chi connectivity index (χ3v) is 1.78. The average molecular weight is 211 g/mol. The van der Waals surface area contributed by atoms with Crippen LogP contribution in [0.3, 0.4) is 0 Å². The minimum Gasteiger partial charge on any atom is -0.462 e. The fourth-order valence-electron chi connectivity index (χ4n) is 0.980. The first-order valence-corrected chi connectivity index (χ1v) is 4.73. The smallest absolute Gasteiger partial charge is 0.338 e. The average Bonchev–Trinajstić information content (AvgIpc) is 2.18. The van der Waals surface area contributed by atoms with Crippen molar-refractivity contribution in [2.45, 2.75) is 13.8 Å². The van der Waals surface area contributed by atoms with E-state index in [1.807, 2.05) is 13.8 Å². The minimum absolute atomic E-state index is 0.0235. The fraction of sp³-hybridized carbons (Fsp3) is 0.364. The predicted octanol–water partition coefficient (Wildman–Crippen LogP) is 2.22. The second-order valence-electron chi connectivity index (χ2n) is 3.73. The Bertz CT molecular complexity index is 364. The molecule has 0 fully saturated rings. The van der Waals surface area contributed by atoms with Crippen molar-refractivity contribution in [3.8, 4) is 0 Å². The van der Waals surface area contributed by atoms with Gasteiger partial charge in [-0.1, -0.05) is 13.8 Å². The quantitative estimate of drug-likeness (QED) is 0.616. The Kier molecular flexibility index (Phi) is 3.66. The molecule has 0 saturated heterocycles. The van der Waals surface area contributed by atoms with Crippen molar-refractivity contribution >= 4 is 11.7 Å². The largest absolute Gasteiger partial charge is 0.462 e. The highest BCUT2D eigenvalue weighted by Crippen LogP contribution is 2.13. The van der Waals surface area contributed by atoms with Gasteiger partial charge in [0.25, 0.3) is 0 Å². The molecule has 1 aromatic rings. The molecule has 2 N–H and O–H groups in total. The van der Waals surface area contributed by atoms with Crippen LogP contribution in [0.2, 0.25) is 0 Å². The molecule has 15 heavy (non-hydrogen) atoms. The molecule has 1 aromatic carbocycles. The van der Waals surface area contributed by atoms with Crippen LogP contribution >= 0.6 is 0 Å². The second-order valence-corrected chi connectivity index (χ2v) is 3.73. The SMILES string of the molecule is CC(C)COC(=O)c1ccc(N)c(F)c1. The van der Waals surface area contributed by atoms with Gasteiger partial charge in [-0.25, -0.2) is 9.18 Å². The first-order chi connectivity index (χ1) is 7.00. The van der Waals surface area contributed by atoms with E-state index in [-0.39, 0.29) is 17.2 Å². The van der Waals surface area contributed by atoms with Crippen LogP contribution in [0.15, 0.2) is 18.2 Å². The van der Waals surface area contributed by atoms with Gasteiger partial charge in [-0.05, 0) is 24.1 Å². The molecular weight excluding hydrogens is 197 g/mol. The number of benzene rings is 1. The summed E-state index contributed by atoms with van der Waals surface area (Å²) in [5.74, 6) is -0.871. The highest BCUT2D eigenvalue weighted by atomic mass is 19.1. The van der Waals surface area contributed by atoms with Gasteiger partial charge in [-0.15, -0.1) is 0 Å². The Hall–Kier alpha value is -1.58. The molecular formula is C11H14FNO2. The van der Waals surface area contributed by atoms with Crippen LogP contribution in [-0.2, 0) is 4.74 Å². The summed E-state index contributed by atoms with van der Waals surface area (Å²) >= 11 is 0. The molecule has 0 aliphatic heterocycles. The van der Waals surface area contributed by atoms with E-state index in [0.717, 1.165) is 6.07 Å². The van der Waals surface area contributed by atoms with Crippen molar-refractivity contribution < 1.29 is 13.9 Å². The zero-order valence-corrected chi connectivity index (χ0v) is 8.79. The molecule has 0 spiro atoms. The number of hydrogen-bond donors (Lipinski definition) is 1. The lowest BCUT2D eigenvalue weighted by molar-refractivity contribution is 0.0458. The Balaban J connectivity index is 2.70. The molecule has 0 bridgehead atoms. The predicted molar refractivity (Wildman–Crippen MR) is 55.9 cm³/mol. The summed E-state index contributed by atoms with van der Waals surface area (Å²) < 4.78 is 17.9. The van der Waals surface area contributed by atoms with E-state index in [0.29, 0.717) is 6.61 Å². The number of esters is 1. The molecule has 3 nitrogen and oxygen atoms in total. The van der Waals surface area contributed by atoms with Crippen LogP contribution in [0.4, 0.5) is 10.1 Å². The first kappa shape index (κ1) is 11.5. The fourth-order valence-corrected chi connectivity index (χ4v) is 0.980. The molecule has 1 rings (SSSR count). The van der Waals surface area contributed by atoms with E-state index in [1.54, 1.807) is 0 Å². The van der Waals surface area contributed by atoms with Gasteiger partial charge < -0.3 is 10.5 Å². The van der Waals surface area contributed by atoms with Crippen LogP contribution in [0.25, 0.3) is 0 Å². The van der Waals surface area contributed by atoms with Crippen molar-refractivity contribution in [1.82, 2.24) is 0 Å². The van der Waals surface area contributed by atoms with Crippen molar-refractivity contribution in [2.75, 3.05) is 12.3 Å². The van der Waals surface area contributed by atoms with Crippen molar-refractivity contribution in [3.63, 3.8) is 0 Å². The molecule has 82 valence electrons. The maximum absolute atomic E-state index is 13.0. The monoisotopic (exact) mass is 211 g/mol. The Labute approximate surface area is 88.0 Å². The Morgan fingerprint density at radius 2 is 2.20 bits per heavy atom. The number of carbonyl (C=O) groups excluding carboxylic acids is 1. The highest BCUT2D eigenvalue weighted by Gasteiger charge is 2.10. The van der Waals surface area contributed by atoms with Crippen LogP contribution in [0, 0.1) is 11.7 Å². The van der Waals surface area contributed by atoms with Gasteiger partial charge in [0.1, 0.15) is 5.82 Å². The topological polar surface area (TPSA) is 52.3 Å². The van der Waals surface area contributed by atoms with Crippen LogP contribution in [-0.4, -0.2) is 12.6 Å². The summed E-state index contributed by atoms with van der Waals surface area (Å²) in [7, 11) is 0. The third kappa shape index (κ3) is 3.23. The number of nitrogen functional groups attached to an aromatic ring is 1. The second kappa shape index (κ2) is 4.77. The number of hydrogen-bond acceptors (Lipinski definition) is 3. The lowest BCUT2D eigenvalue weighted by atomic mass is 10.2. The molecule has 4 heteroatoms. The summed E-state index contributed by atoms with van der Waals surface area (Å²) in [6.07, 6.45) is 0. The molecule has 0 amide bonds. The van der Waals surface area contributed by atoms with Crippen LogP contribution in [0.1, 0.15) is 24.2 Å². The highest BCUT2D eigenvalue weighted by molar-refractivity contribution is 5.89. The van der Waals surface area contributed by atoms with Crippen molar-refractivity contribution in [2.24, 2.45) is 5.92 Å². The van der Waals surface area contributed by atoms with Gasteiger partial charge in [-0.2, -0.15) is 0 Å². The van der Waals surface area contributed by atoms with E-state index < -0.39 is 11.8 Å². The number of ether oxygens (including phenoxy) is 1. The van der Waals surface area contributed by atoms with Crippen molar-refractivity contribution in [1.29, 1.82) is 0 Å². The van der Waals surface area contributed by atoms with Gasteiger partial charge in [0.2, 0.25) is 0 Å². The van der Waals surface area contributed by atoms with Gasteiger partial charge in [0, 0.05) is 0 Å².